The lowest BCUT2D eigenvalue weighted by atomic mass is 10.2. The highest BCUT2D eigenvalue weighted by Gasteiger charge is 2.03. The van der Waals surface area contributed by atoms with Crippen molar-refractivity contribution in [1.29, 1.82) is 0 Å². The van der Waals surface area contributed by atoms with Gasteiger partial charge < -0.3 is 10.2 Å². The van der Waals surface area contributed by atoms with Gasteiger partial charge in [-0.05, 0) is 37.6 Å². The van der Waals surface area contributed by atoms with Crippen LogP contribution in [0.25, 0.3) is 0 Å². The second-order valence-corrected chi connectivity index (χ2v) is 4.51. The van der Waals surface area contributed by atoms with Crippen LogP contribution in [-0.2, 0) is 6.54 Å². The number of nitrogens with one attached hydrogen (secondary N) is 1. The first kappa shape index (κ1) is 13.7. The fourth-order valence-electron chi connectivity index (χ4n) is 1.67. The van der Waals surface area contributed by atoms with E-state index in [1.54, 1.807) is 0 Å². The van der Waals surface area contributed by atoms with E-state index in [0.29, 0.717) is 0 Å². The normalized spacial score (nSPS) is 10.3. The van der Waals surface area contributed by atoms with Crippen molar-refractivity contribution >= 4 is 5.82 Å². The summed E-state index contributed by atoms with van der Waals surface area (Å²) in [6.07, 6.45) is 3.03. The van der Waals surface area contributed by atoms with Gasteiger partial charge in [0, 0.05) is 26.3 Å². The molecule has 0 saturated heterocycles. The van der Waals surface area contributed by atoms with Crippen LogP contribution < -0.4 is 10.2 Å². The van der Waals surface area contributed by atoms with Gasteiger partial charge in [-0.1, -0.05) is 19.1 Å². The maximum atomic E-state index is 4.38. The number of anilines is 1. The molecule has 94 valence electrons. The monoisotopic (exact) mass is 233 g/mol. The van der Waals surface area contributed by atoms with Gasteiger partial charge in [-0.3, -0.25) is 0 Å². The Morgan fingerprint density at radius 3 is 2.94 bits per heavy atom. The summed E-state index contributed by atoms with van der Waals surface area (Å²) in [6, 6.07) is 4.19. The van der Waals surface area contributed by atoms with Gasteiger partial charge in [-0.25, -0.2) is 4.98 Å². The van der Waals surface area contributed by atoms with Crippen LogP contribution in [0.2, 0.25) is 0 Å². The number of aromatic nitrogens is 1. The lowest BCUT2D eigenvalue weighted by Crippen LogP contribution is -2.21. The van der Waals surface area contributed by atoms with E-state index in [-0.39, 0.29) is 0 Å². The lowest BCUT2D eigenvalue weighted by Gasteiger charge is -2.18. The maximum Gasteiger partial charge on any atom is 0.128 e. The average Bonchev–Trinajstić information content (AvgIpc) is 2.29. The van der Waals surface area contributed by atoms with Crippen molar-refractivity contribution in [2.24, 2.45) is 0 Å². The van der Waals surface area contributed by atoms with Crippen molar-refractivity contribution in [3.63, 3.8) is 0 Å². The second kappa shape index (κ2) is 7.07. The molecule has 0 fully saturated rings. The summed E-state index contributed by atoms with van der Waals surface area (Å²) in [5.74, 6) is 1.00. The molecular formula is C14H23N3. The molecule has 0 spiro atoms. The van der Waals surface area contributed by atoms with Gasteiger partial charge in [0.25, 0.3) is 0 Å². The van der Waals surface area contributed by atoms with Crippen LogP contribution in [-0.4, -0.2) is 25.1 Å². The molecule has 0 radical (unpaired) electrons. The Kier molecular flexibility index (Phi) is 5.70. The number of hydrogen-bond donors (Lipinski definition) is 1. The van der Waals surface area contributed by atoms with Crippen molar-refractivity contribution in [3.8, 4) is 0 Å². The van der Waals surface area contributed by atoms with Crippen LogP contribution >= 0.6 is 0 Å². The van der Waals surface area contributed by atoms with Gasteiger partial charge in [-0.15, -0.1) is 0 Å². The molecule has 0 aromatic carbocycles. The molecule has 0 aliphatic rings. The fourth-order valence-corrected chi connectivity index (χ4v) is 1.67. The highest BCUT2D eigenvalue weighted by atomic mass is 15.2. The van der Waals surface area contributed by atoms with E-state index in [0.717, 1.165) is 37.4 Å². The quantitative estimate of drug-likeness (QED) is 0.579. The lowest BCUT2D eigenvalue weighted by molar-refractivity contribution is 0.674. The number of nitrogens with zero attached hydrogens (tertiary/aromatic N) is 2. The second-order valence-electron chi connectivity index (χ2n) is 4.51. The first-order valence-corrected chi connectivity index (χ1v) is 6.14. The van der Waals surface area contributed by atoms with Crippen molar-refractivity contribution in [2.75, 3.05) is 25.0 Å². The number of likely N-dealkylation sites (N-methyl/N-ethyl adjacent to an activating group) is 1. The zero-order chi connectivity index (χ0) is 12.7. The SMILES string of the molecule is C=C(C)CN(C)c1cc(CNCCC)ccn1. The van der Waals surface area contributed by atoms with Gasteiger partial charge in [0.05, 0.1) is 0 Å². The van der Waals surface area contributed by atoms with Crippen LogP contribution in [0.15, 0.2) is 30.5 Å². The minimum Gasteiger partial charge on any atom is -0.356 e. The van der Waals surface area contributed by atoms with Crippen molar-refractivity contribution < 1.29 is 0 Å². The zero-order valence-corrected chi connectivity index (χ0v) is 11.2. The smallest absolute Gasteiger partial charge is 0.128 e. The Morgan fingerprint density at radius 2 is 2.29 bits per heavy atom. The Hall–Kier alpha value is -1.35. The van der Waals surface area contributed by atoms with E-state index >= 15 is 0 Å². The Labute approximate surface area is 105 Å². The summed E-state index contributed by atoms with van der Waals surface area (Å²) in [5.41, 5.74) is 2.42. The Morgan fingerprint density at radius 1 is 1.53 bits per heavy atom. The van der Waals surface area contributed by atoms with Gasteiger partial charge in [0.15, 0.2) is 0 Å². The maximum absolute atomic E-state index is 4.38. The molecule has 0 atom stereocenters. The minimum absolute atomic E-state index is 0.846. The first-order valence-electron chi connectivity index (χ1n) is 6.14. The van der Waals surface area contributed by atoms with E-state index in [1.807, 2.05) is 20.2 Å². The van der Waals surface area contributed by atoms with Crippen molar-refractivity contribution in [2.45, 2.75) is 26.8 Å². The van der Waals surface area contributed by atoms with E-state index < -0.39 is 0 Å². The molecule has 1 aromatic heterocycles. The summed E-state index contributed by atoms with van der Waals surface area (Å²) in [7, 11) is 2.04. The third-order valence-corrected chi connectivity index (χ3v) is 2.46. The predicted molar refractivity (Wildman–Crippen MR) is 74.3 cm³/mol. The molecule has 1 rings (SSSR count). The minimum atomic E-state index is 0.846. The van der Waals surface area contributed by atoms with Crippen LogP contribution in [0, 0.1) is 0 Å². The summed E-state index contributed by atoms with van der Waals surface area (Å²) >= 11 is 0. The van der Waals surface area contributed by atoms with E-state index in [4.69, 9.17) is 0 Å². The Balaban J connectivity index is 2.61. The van der Waals surface area contributed by atoms with Crippen LogP contribution in [0.1, 0.15) is 25.8 Å². The molecule has 0 aliphatic heterocycles. The third kappa shape index (κ3) is 5.00. The molecule has 0 bridgehead atoms. The van der Waals surface area contributed by atoms with Gasteiger partial charge >= 0.3 is 0 Å². The molecule has 0 aliphatic carbocycles. The summed E-state index contributed by atoms with van der Waals surface area (Å²) in [5, 5.41) is 3.39. The van der Waals surface area contributed by atoms with Gasteiger partial charge in [0.1, 0.15) is 5.82 Å². The third-order valence-electron chi connectivity index (χ3n) is 2.46. The molecule has 0 unspecified atom stereocenters. The summed E-state index contributed by atoms with van der Waals surface area (Å²) < 4.78 is 0. The molecule has 1 aromatic rings. The van der Waals surface area contributed by atoms with Gasteiger partial charge in [0.2, 0.25) is 0 Å². The highest BCUT2D eigenvalue weighted by molar-refractivity contribution is 5.41. The Bertz CT molecular complexity index is 360. The molecule has 0 amide bonds. The van der Waals surface area contributed by atoms with Crippen LogP contribution in [0.5, 0.6) is 0 Å². The van der Waals surface area contributed by atoms with Crippen LogP contribution in [0.3, 0.4) is 0 Å². The predicted octanol–water partition coefficient (Wildman–Crippen LogP) is 2.59. The average molecular weight is 233 g/mol. The zero-order valence-electron chi connectivity index (χ0n) is 11.2. The first-order chi connectivity index (χ1) is 8.13. The molecule has 1 N–H and O–H groups in total. The van der Waals surface area contributed by atoms with Crippen molar-refractivity contribution in [1.82, 2.24) is 10.3 Å². The van der Waals surface area contributed by atoms with E-state index in [2.05, 4.69) is 40.8 Å². The number of pyridine rings is 1. The molecule has 1 heterocycles. The topological polar surface area (TPSA) is 28.2 Å². The van der Waals surface area contributed by atoms with Crippen molar-refractivity contribution in [3.05, 3.63) is 36.0 Å². The van der Waals surface area contributed by atoms with E-state index in [1.165, 1.54) is 5.56 Å². The highest BCUT2D eigenvalue weighted by Crippen LogP contribution is 2.12. The standard InChI is InChI=1S/C14H23N3/c1-5-7-15-10-13-6-8-16-14(9-13)17(4)11-12(2)3/h6,8-9,15H,2,5,7,10-11H2,1,3-4H3. The number of rotatable bonds is 7. The fraction of sp³-hybridized carbons (Fsp3) is 0.500. The summed E-state index contributed by atoms with van der Waals surface area (Å²) in [6.45, 7) is 10.9. The molecular weight excluding hydrogens is 210 g/mol. The van der Waals surface area contributed by atoms with Crippen LogP contribution in [0.4, 0.5) is 5.82 Å². The largest absolute Gasteiger partial charge is 0.356 e. The van der Waals surface area contributed by atoms with E-state index in [9.17, 15) is 0 Å². The van der Waals surface area contributed by atoms with Gasteiger partial charge in [-0.2, -0.15) is 0 Å². The summed E-state index contributed by atoms with van der Waals surface area (Å²) in [4.78, 5) is 6.49. The molecule has 3 heteroatoms. The molecule has 0 saturated carbocycles. The molecule has 3 nitrogen and oxygen atoms in total. The number of hydrogen-bond acceptors (Lipinski definition) is 3. The molecule has 17 heavy (non-hydrogen) atoms.